The smallest absolute Gasteiger partial charge is 0.326 e. The molecule has 0 spiro atoms. The fourth-order valence-corrected chi connectivity index (χ4v) is 2.91. The molecule has 2 heterocycles. The van der Waals surface area contributed by atoms with E-state index in [2.05, 4.69) is 5.32 Å². The summed E-state index contributed by atoms with van der Waals surface area (Å²) < 4.78 is 0.517. The van der Waals surface area contributed by atoms with Crippen LogP contribution in [-0.4, -0.2) is 17.1 Å². The number of carboxylic acid groups (broad SMARTS) is 1. The molecule has 0 radical (unpaired) electrons. The maximum atomic E-state index is 10.6. The van der Waals surface area contributed by atoms with Crippen LogP contribution in [-0.2, 0) is 11.2 Å². The van der Waals surface area contributed by atoms with E-state index in [1.54, 1.807) is 0 Å². The zero-order valence-electron chi connectivity index (χ0n) is 6.30. The van der Waals surface area contributed by atoms with Crippen molar-refractivity contribution in [3.63, 3.8) is 0 Å². The third-order valence-corrected chi connectivity index (χ3v) is 3.90. The molecule has 0 amide bonds. The van der Waals surface area contributed by atoms with E-state index in [0.717, 1.165) is 4.88 Å². The predicted octanol–water partition coefficient (Wildman–Crippen LogP) is 2.48. The molecule has 70 valence electrons. The first-order valence-electron chi connectivity index (χ1n) is 3.55. The van der Waals surface area contributed by atoms with E-state index in [0.29, 0.717) is 21.5 Å². The van der Waals surface area contributed by atoms with Gasteiger partial charge in [0.25, 0.3) is 0 Å². The molecular weight excluding hydrogens is 233 g/mol. The van der Waals surface area contributed by atoms with Gasteiger partial charge < -0.3 is 10.4 Å². The number of thiophene rings is 1. The van der Waals surface area contributed by atoms with Gasteiger partial charge in [0.2, 0.25) is 0 Å². The van der Waals surface area contributed by atoms with Crippen LogP contribution in [0.1, 0.15) is 4.88 Å². The van der Waals surface area contributed by atoms with Gasteiger partial charge in [-0.05, 0) is 0 Å². The largest absolute Gasteiger partial charge is 0.480 e. The second kappa shape index (κ2) is 3.04. The van der Waals surface area contributed by atoms with Crippen LogP contribution in [0.2, 0.25) is 9.36 Å². The topological polar surface area (TPSA) is 49.3 Å². The molecule has 0 aromatic carbocycles. The molecule has 1 aliphatic rings. The second-order valence-electron chi connectivity index (χ2n) is 2.73. The maximum absolute atomic E-state index is 10.6. The molecule has 1 unspecified atom stereocenters. The van der Waals surface area contributed by atoms with Crippen LogP contribution in [0.4, 0.5) is 5.69 Å². The van der Waals surface area contributed by atoms with Gasteiger partial charge in [0.15, 0.2) is 0 Å². The molecular formula is C7H5Cl2NO2S. The van der Waals surface area contributed by atoms with Crippen LogP contribution in [0, 0.1) is 0 Å². The lowest BCUT2D eigenvalue weighted by atomic mass is 10.2. The van der Waals surface area contributed by atoms with Crippen LogP contribution < -0.4 is 5.32 Å². The normalized spacial score (nSPS) is 19.7. The van der Waals surface area contributed by atoms with Gasteiger partial charge in [-0.1, -0.05) is 23.2 Å². The molecule has 1 aliphatic heterocycles. The fourth-order valence-electron chi connectivity index (χ4n) is 1.27. The van der Waals surface area contributed by atoms with Crippen molar-refractivity contribution in [1.82, 2.24) is 0 Å². The molecule has 6 heteroatoms. The van der Waals surface area contributed by atoms with Crippen molar-refractivity contribution >= 4 is 46.2 Å². The quantitative estimate of drug-likeness (QED) is 0.790. The van der Waals surface area contributed by atoms with Crippen LogP contribution in [0.5, 0.6) is 0 Å². The molecule has 3 nitrogen and oxygen atoms in total. The van der Waals surface area contributed by atoms with Gasteiger partial charge in [-0.25, -0.2) is 4.79 Å². The molecule has 2 rings (SSSR count). The van der Waals surface area contributed by atoms with Crippen molar-refractivity contribution in [3.05, 3.63) is 14.2 Å². The Morgan fingerprint density at radius 2 is 2.31 bits per heavy atom. The van der Waals surface area contributed by atoms with Crippen LogP contribution in [0.25, 0.3) is 0 Å². The third kappa shape index (κ3) is 1.39. The Labute approximate surface area is 88.3 Å². The summed E-state index contributed by atoms with van der Waals surface area (Å²) in [4.78, 5) is 11.5. The molecule has 1 atom stereocenters. The highest BCUT2D eigenvalue weighted by Crippen LogP contribution is 2.44. The Bertz CT molecular complexity index is 377. The standard InChI is InChI=1S/C7H5Cl2NO2S/c8-4-5-3(13-6(4)9)1-2(10-5)7(11)12/h2,10H,1H2,(H,11,12). The number of carboxylic acids is 1. The number of rotatable bonds is 1. The number of hydrogen-bond acceptors (Lipinski definition) is 3. The third-order valence-electron chi connectivity index (χ3n) is 1.89. The van der Waals surface area contributed by atoms with Crippen LogP contribution >= 0.6 is 34.5 Å². The van der Waals surface area contributed by atoms with Crippen LogP contribution in [0.3, 0.4) is 0 Å². The van der Waals surface area contributed by atoms with Gasteiger partial charge in [0.05, 0.1) is 10.7 Å². The summed E-state index contributed by atoms with van der Waals surface area (Å²) >= 11 is 13.0. The van der Waals surface area contributed by atoms with Gasteiger partial charge in [0, 0.05) is 11.3 Å². The molecule has 0 aliphatic carbocycles. The van der Waals surface area contributed by atoms with E-state index in [9.17, 15) is 4.79 Å². The molecule has 0 saturated carbocycles. The van der Waals surface area contributed by atoms with Crippen molar-refractivity contribution in [1.29, 1.82) is 0 Å². The van der Waals surface area contributed by atoms with Crippen molar-refractivity contribution in [2.24, 2.45) is 0 Å². The summed E-state index contributed by atoms with van der Waals surface area (Å²) in [7, 11) is 0. The van der Waals surface area contributed by atoms with E-state index in [4.69, 9.17) is 28.3 Å². The fraction of sp³-hybridized carbons (Fsp3) is 0.286. The van der Waals surface area contributed by atoms with Gasteiger partial charge in [0.1, 0.15) is 10.4 Å². The van der Waals surface area contributed by atoms with Gasteiger partial charge in [-0.3, -0.25) is 0 Å². The molecule has 0 fully saturated rings. The van der Waals surface area contributed by atoms with Gasteiger partial charge in [-0.15, -0.1) is 11.3 Å². The number of halogens is 2. The zero-order chi connectivity index (χ0) is 9.59. The number of nitrogens with one attached hydrogen (secondary N) is 1. The summed E-state index contributed by atoms with van der Waals surface area (Å²) in [5.74, 6) is -0.865. The minimum Gasteiger partial charge on any atom is -0.480 e. The minimum absolute atomic E-state index is 0.436. The average molecular weight is 238 g/mol. The lowest BCUT2D eigenvalue weighted by molar-refractivity contribution is -0.137. The van der Waals surface area contributed by atoms with Crippen LogP contribution in [0.15, 0.2) is 0 Å². The number of carbonyl (C=O) groups is 1. The molecule has 1 aromatic heterocycles. The summed E-state index contributed by atoms with van der Waals surface area (Å²) in [5.41, 5.74) is 0.684. The first-order valence-corrected chi connectivity index (χ1v) is 5.13. The van der Waals surface area contributed by atoms with Crippen molar-refractivity contribution in [2.75, 3.05) is 5.32 Å². The number of fused-ring (bicyclic) bond motifs is 1. The second-order valence-corrected chi connectivity index (χ2v) is 4.81. The average Bonchev–Trinajstić information content (AvgIpc) is 2.55. The Morgan fingerprint density at radius 1 is 1.62 bits per heavy atom. The maximum Gasteiger partial charge on any atom is 0.326 e. The predicted molar refractivity (Wildman–Crippen MR) is 53.1 cm³/mol. The zero-order valence-corrected chi connectivity index (χ0v) is 8.63. The first-order chi connectivity index (χ1) is 6.09. The molecule has 13 heavy (non-hydrogen) atoms. The van der Waals surface area contributed by atoms with Crippen molar-refractivity contribution < 1.29 is 9.90 Å². The highest BCUT2D eigenvalue weighted by atomic mass is 35.5. The van der Waals surface area contributed by atoms with Crippen molar-refractivity contribution in [3.8, 4) is 0 Å². The van der Waals surface area contributed by atoms with E-state index in [1.807, 2.05) is 0 Å². The minimum atomic E-state index is -0.865. The highest BCUT2D eigenvalue weighted by molar-refractivity contribution is 7.17. The lowest BCUT2D eigenvalue weighted by Gasteiger charge is -2.04. The summed E-state index contributed by atoms with van der Waals surface area (Å²) in [6.07, 6.45) is 0.460. The highest BCUT2D eigenvalue weighted by Gasteiger charge is 2.30. The Balaban J connectivity index is 2.33. The number of aliphatic carboxylic acids is 1. The number of hydrogen-bond donors (Lipinski definition) is 2. The first kappa shape index (κ1) is 9.12. The molecule has 0 bridgehead atoms. The summed E-state index contributed by atoms with van der Waals surface area (Å²) in [6, 6.07) is -0.559. The van der Waals surface area contributed by atoms with Gasteiger partial charge >= 0.3 is 5.97 Å². The SMILES string of the molecule is O=C(O)C1Cc2sc(Cl)c(Cl)c2N1. The van der Waals surface area contributed by atoms with Gasteiger partial charge in [-0.2, -0.15) is 0 Å². The summed E-state index contributed by atoms with van der Waals surface area (Å²) in [5, 5.41) is 12.0. The monoisotopic (exact) mass is 237 g/mol. The van der Waals surface area contributed by atoms with E-state index >= 15 is 0 Å². The van der Waals surface area contributed by atoms with E-state index in [-0.39, 0.29) is 0 Å². The Kier molecular flexibility index (Phi) is 2.14. The van der Waals surface area contributed by atoms with E-state index < -0.39 is 12.0 Å². The molecule has 1 aromatic rings. The number of anilines is 1. The van der Waals surface area contributed by atoms with E-state index in [1.165, 1.54) is 11.3 Å². The Morgan fingerprint density at radius 3 is 2.85 bits per heavy atom. The molecule has 0 saturated heterocycles. The lowest BCUT2D eigenvalue weighted by Crippen LogP contribution is -2.26. The summed E-state index contributed by atoms with van der Waals surface area (Å²) in [6.45, 7) is 0. The Hall–Kier alpha value is -0.450. The van der Waals surface area contributed by atoms with Crippen molar-refractivity contribution in [2.45, 2.75) is 12.5 Å². The molecule has 2 N–H and O–H groups in total.